The first-order valence-corrected chi connectivity index (χ1v) is 10.3. The highest BCUT2D eigenvalue weighted by Gasteiger charge is 2.14. The Labute approximate surface area is 185 Å². The molecule has 0 bridgehead atoms. The molecule has 0 aliphatic rings. The van der Waals surface area contributed by atoms with Crippen molar-refractivity contribution < 1.29 is 9.53 Å². The lowest BCUT2D eigenvalue weighted by Crippen LogP contribution is -2.32. The predicted molar refractivity (Wildman–Crippen MR) is 117 cm³/mol. The molecule has 0 fully saturated rings. The molecule has 9 nitrogen and oxygen atoms in total. The van der Waals surface area contributed by atoms with Crippen LogP contribution >= 0.6 is 15.9 Å². The number of aryl methyl sites for hydroxylation is 1. The summed E-state index contributed by atoms with van der Waals surface area (Å²) < 4.78 is 8.91. The second-order valence-corrected chi connectivity index (χ2v) is 7.61. The van der Waals surface area contributed by atoms with Gasteiger partial charge >= 0.3 is 0 Å². The van der Waals surface area contributed by atoms with Gasteiger partial charge in [0.25, 0.3) is 5.56 Å². The molecule has 0 unspecified atom stereocenters. The molecule has 4 aromatic rings. The van der Waals surface area contributed by atoms with Crippen molar-refractivity contribution in [3.05, 3.63) is 81.2 Å². The Morgan fingerprint density at radius 3 is 2.74 bits per heavy atom. The molecular weight excluding hydrogens is 464 g/mol. The Bertz CT molecular complexity index is 1270. The van der Waals surface area contributed by atoms with Crippen LogP contribution in [-0.2, 0) is 31.5 Å². The van der Waals surface area contributed by atoms with Gasteiger partial charge in [-0.2, -0.15) is 5.10 Å². The SMILES string of the molecule is Cn1nc(Br)c2c(=O)n(CC(=O)NCc3ccc(OCc4cccnc4)cc3)cnc21. The van der Waals surface area contributed by atoms with Crippen LogP contribution < -0.4 is 15.6 Å². The number of nitrogens with one attached hydrogen (secondary N) is 1. The maximum atomic E-state index is 12.6. The van der Waals surface area contributed by atoms with E-state index in [4.69, 9.17) is 4.74 Å². The van der Waals surface area contributed by atoms with E-state index in [-0.39, 0.29) is 18.0 Å². The summed E-state index contributed by atoms with van der Waals surface area (Å²) in [7, 11) is 1.70. The highest BCUT2D eigenvalue weighted by atomic mass is 79.9. The van der Waals surface area contributed by atoms with Crippen LogP contribution in [0.1, 0.15) is 11.1 Å². The average Bonchev–Trinajstić information content (AvgIpc) is 3.08. The fourth-order valence-corrected chi connectivity index (χ4v) is 3.60. The van der Waals surface area contributed by atoms with Crippen molar-refractivity contribution >= 4 is 32.9 Å². The summed E-state index contributed by atoms with van der Waals surface area (Å²) in [5, 5.41) is 7.29. The Morgan fingerprint density at radius 2 is 2.00 bits per heavy atom. The van der Waals surface area contributed by atoms with Crippen LogP contribution in [0.5, 0.6) is 5.75 Å². The zero-order valence-corrected chi connectivity index (χ0v) is 18.2. The lowest BCUT2D eigenvalue weighted by Gasteiger charge is -2.09. The number of benzene rings is 1. The van der Waals surface area contributed by atoms with E-state index in [1.807, 2.05) is 36.4 Å². The molecule has 3 heterocycles. The molecule has 0 saturated carbocycles. The van der Waals surface area contributed by atoms with Gasteiger partial charge in [0.2, 0.25) is 5.91 Å². The van der Waals surface area contributed by atoms with Gasteiger partial charge in [-0.1, -0.05) is 18.2 Å². The highest BCUT2D eigenvalue weighted by molar-refractivity contribution is 9.10. The summed E-state index contributed by atoms with van der Waals surface area (Å²) >= 11 is 3.26. The zero-order valence-electron chi connectivity index (χ0n) is 16.7. The molecule has 10 heteroatoms. The monoisotopic (exact) mass is 482 g/mol. The van der Waals surface area contributed by atoms with E-state index < -0.39 is 0 Å². The minimum atomic E-state index is -0.324. The third kappa shape index (κ3) is 4.80. The molecule has 4 rings (SSSR count). The maximum absolute atomic E-state index is 12.6. The van der Waals surface area contributed by atoms with Crippen LogP contribution in [0, 0.1) is 0 Å². The molecule has 3 aromatic heterocycles. The minimum absolute atomic E-state index is 0.130. The summed E-state index contributed by atoms with van der Waals surface area (Å²) in [4.78, 5) is 33.2. The number of ether oxygens (including phenoxy) is 1. The van der Waals surface area contributed by atoms with Crippen molar-refractivity contribution in [2.45, 2.75) is 19.7 Å². The van der Waals surface area contributed by atoms with Gasteiger partial charge in [-0.15, -0.1) is 0 Å². The molecule has 1 amide bonds. The molecule has 0 saturated heterocycles. The van der Waals surface area contributed by atoms with Gasteiger partial charge in [0.15, 0.2) is 5.65 Å². The molecular formula is C21H19BrN6O3. The van der Waals surface area contributed by atoms with Crippen LogP contribution in [0.4, 0.5) is 0 Å². The smallest absolute Gasteiger partial charge is 0.266 e. The number of aromatic nitrogens is 5. The number of halogens is 1. The minimum Gasteiger partial charge on any atom is -0.489 e. The van der Waals surface area contributed by atoms with E-state index in [9.17, 15) is 9.59 Å². The van der Waals surface area contributed by atoms with Gasteiger partial charge in [0.05, 0.1) is 0 Å². The number of amides is 1. The molecule has 0 aliphatic heterocycles. The van der Waals surface area contributed by atoms with Crippen LogP contribution in [0.2, 0.25) is 0 Å². The number of pyridine rings is 1. The van der Waals surface area contributed by atoms with Crippen molar-refractivity contribution in [1.82, 2.24) is 29.6 Å². The molecule has 1 N–H and O–H groups in total. The molecule has 0 spiro atoms. The third-order valence-corrected chi connectivity index (χ3v) is 5.18. The number of carbonyl (C=O) groups excluding carboxylic acids is 1. The number of hydrogen-bond acceptors (Lipinski definition) is 6. The Kier molecular flexibility index (Phi) is 6.08. The lowest BCUT2D eigenvalue weighted by atomic mass is 10.2. The number of nitrogens with zero attached hydrogens (tertiary/aromatic N) is 5. The molecule has 0 aliphatic carbocycles. The van der Waals surface area contributed by atoms with Gasteiger partial charge < -0.3 is 10.1 Å². The highest BCUT2D eigenvalue weighted by Crippen LogP contribution is 2.17. The van der Waals surface area contributed by atoms with Gasteiger partial charge in [0.1, 0.15) is 35.2 Å². The van der Waals surface area contributed by atoms with Gasteiger partial charge in [0, 0.05) is 31.5 Å². The first kappa shape index (κ1) is 20.7. The van der Waals surface area contributed by atoms with Crippen LogP contribution in [0.15, 0.2) is 64.5 Å². The van der Waals surface area contributed by atoms with Crippen LogP contribution in [-0.4, -0.2) is 30.2 Å². The van der Waals surface area contributed by atoms with Gasteiger partial charge in [-0.3, -0.25) is 19.1 Å². The predicted octanol–water partition coefficient (Wildman–Crippen LogP) is 2.18. The molecule has 0 atom stereocenters. The largest absolute Gasteiger partial charge is 0.489 e. The molecule has 0 radical (unpaired) electrons. The summed E-state index contributed by atoms with van der Waals surface area (Å²) in [6.07, 6.45) is 4.83. The topological polar surface area (TPSA) is 104 Å². The van der Waals surface area contributed by atoms with Crippen LogP contribution in [0.3, 0.4) is 0 Å². The first-order chi connectivity index (χ1) is 15.0. The fraction of sp³-hybridized carbons (Fsp3) is 0.190. The maximum Gasteiger partial charge on any atom is 0.266 e. The molecule has 158 valence electrons. The van der Waals surface area contributed by atoms with Crippen molar-refractivity contribution in [1.29, 1.82) is 0 Å². The van der Waals surface area contributed by atoms with Crippen LogP contribution in [0.25, 0.3) is 11.0 Å². The van der Waals surface area contributed by atoms with Gasteiger partial charge in [-0.25, -0.2) is 9.67 Å². The van der Waals surface area contributed by atoms with E-state index in [2.05, 4.69) is 36.3 Å². The van der Waals surface area contributed by atoms with E-state index >= 15 is 0 Å². The van der Waals surface area contributed by atoms with E-state index in [0.717, 1.165) is 16.9 Å². The first-order valence-electron chi connectivity index (χ1n) is 9.46. The standard InChI is InChI=1S/C21H19BrN6O3/c1-27-20-18(19(22)26-27)21(30)28(13-25-20)11-17(29)24-10-14-4-6-16(7-5-14)31-12-15-3-2-8-23-9-15/h2-9,13H,10-12H2,1H3,(H,24,29). The zero-order chi connectivity index (χ0) is 21.8. The van der Waals surface area contributed by atoms with E-state index in [1.165, 1.54) is 15.6 Å². The third-order valence-electron chi connectivity index (χ3n) is 4.62. The Hall–Kier alpha value is -3.53. The summed E-state index contributed by atoms with van der Waals surface area (Å²) in [6, 6.07) is 11.3. The summed E-state index contributed by atoms with van der Waals surface area (Å²) in [6.45, 7) is 0.641. The number of rotatable bonds is 7. The summed E-state index contributed by atoms with van der Waals surface area (Å²) in [5.41, 5.74) is 2.03. The van der Waals surface area contributed by atoms with Crippen molar-refractivity contribution in [3.63, 3.8) is 0 Å². The number of fused-ring (bicyclic) bond motifs is 1. The molecule has 31 heavy (non-hydrogen) atoms. The van der Waals surface area contributed by atoms with Crippen molar-refractivity contribution in [2.24, 2.45) is 7.05 Å². The second kappa shape index (κ2) is 9.09. The average molecular weight is 483 g/mol. The molecule has 1 aromatic carbocycles. The van der Waals surface area contributed by atoms with E-state index in [1.54, 1.807) is 19.4 Å². The van der Waals surface area contributed by atoms with Gasteiger partial charge in [-0.05, 0) is 39.7 Å². The fourth-order valence-electron chi connectivity index (χ4n) is 3.01. The lowest BCUT2D eigenvalue weighted by molar-refractivity contribution is -0.121. The van der Waals surface area contributed by atoms with Crippen molar-refractivity contribution in [3.8, 4) is 5.75 Å². The van der Waals surface area contributed by atoms with Crippen molar-refractivity contribution in [2.75, 3.05) is 0 Å². The Morgan fingerprint density at radius 1 is 1.19 bits per heavy atom. The number of carbonyl (C=O) groups is 1. The quantitative estimate of drug-likeness (QED) is 0.432. The second-order valence-electron chi connectivity index (χ2n) is 6.86. The Balaban J connectivity index is 1.33. The van der Waals surface area contributed by atoms with E-state index in [0.29, 0.717) is 28.8 Å². The summed E-state index contributed by atoms with van der Waals surface area (Å²) in [5.74, 6) is 0.437. The normalized spacial score (nSPS) is 10.9. The number of hydrogen-bond donors (Lipinski definition) is 1.